The fourth-order valence-corrected chi connectivity index (χ4v) is 3.86. The van der Waals surface area contributed by atoms with Crippen molar-refractivity contribution in [3.63, 3.8) is 0 Å². The number of amides is 2. The van der Waals surface area contributed by atoms with Crippen molar-refractivity contribution in [1.82, 2.24) is 4.90 Å². The number of nitrogens with zero attached hydrogens (tertiary/aromatic N) is 2. The van der Waals surface area contributed by atoms with Crippen LogP contribution in [0.5, 0.6) is 5.75 Å². The maximum Gasteiger partial charge on any atom is 0.417 e. The molecule has 2 amide bonds. The third kappa shape index (κ3) is 7.50. The summed E-state index contributed by atoms with van der Waals surface area (Å²) < 4.78 is 24.2. The van der Waals surface area contributed by atoms with Crippen molar-refractivity contribution < 1.29 is 23.5 Å². The van der Waals surface area contributed by atoms with Crippen molar-refractivity contribution in [2.45, 2.75) is 26.4 Å². The summed E-state index contributed by atoms with van der Waals surface area (Å²) in [6.45, 7) is 7.72. The first kappa shape index (κ1) is 26.6. The van der Waals surface area contributed by atoms with Crippen molar-refractivity contribution in [2.75, 3.05) is 36.4 Å². The smallest absolute Gasteiger partial charge is 0.417 e. The number of anilines is 2. The van der Waals surface area contributed by atoms with Gasteiger partial charge in [-0.1, -0.05) is 30.0 Å². The Kier molecular flexibility index (Phi) is 8.17. The Hall–Kier alpha value is -4.51. The average molecular weight is 516 g/mol. The molecule has 3 aromatic carbocycles. The minimum Gasteiger partial charge on any atom is -0.444 e. The molecule has 0 saturated carbocycles. The molecule has 0 atom stereocenters. The van der Waals surface area contributed by atoms with Crippen molar-refractivity contribution in [3.05, 3.63) is 89.7 Å². The maximum atomic E-state index is 13.3. The second-order valence-electron chi connectivity index (χ2n) is 9.77. The number of benzene rings is 3. The summed E-state index contributed by atoms with van der Waals surface area (Å²) in [5.74, 6) is 6.33. The lowest BCUT2D eigenvalue weighted by molar-refractivity contribution is 0.0240. The molecule has 7 nitrogen and oxygen atoms in total. The van der Waals surface area contributed by atoms with Gasteiger partial charge in [-0.15, -0.1) is 0 Å². The summed E-state index contributed by atoms with van der Waals surface area (Å²) in [5, 5.41) is 2.74. The van der Waals surface area contributed by atoms with Crippen LogP contribution in [0.25, 0.3) is 0 Å². The van der Waals surface area contributed by atoms with Gasteiger partial charge in [-0.25, -0.2) is 14.0 Å². The normalized spacial score (nSPS) is 13.3. The van der Waals surface area contributed by atoms with Gasteiger partial charge in [0.2, 0.25) is 0 Å². The minimum absolute atomic E-state index is 0.329. The molecule has 1 heterocycles. The van der Waals surface area contributed by atoms with E-state index >= 15 is 0 Å². The fourth-order valence-electron chi connectivity index (χ4n) is 3.86. The summed E-state index contributed by atoms with van der Waals surface area (Å²) in [7, 11) is 0. The Morgan fingerprint density at radius 1 is 0.895 bits per heavy atom. The van der Waals surface area contributed by atoms with Crippen molar-refractivity contribution in [1.29, 1.82) is 0 Å². The molecule has 1 fully saturated rings. The molecule has 0 aromatic heterocycles. The van der Waals surface area contributed by atoms with Crippen LogP contribution in [0.3, 0.4) is 0 Å². The Morgan fingerprint density at radius 2 is 1.58 bits per heavy atom. The van der Waals surface area contributed by atoms with E-state index in [0.717, 1.165) is 5.69 Å². The van der Waals surface area contributed by atoms with Crippen molar-refractivity contribution >= 4 is 23.6 Å². The molecule has 3 aromatic rings. The molecule has 1 aliphatic rings. The lowest BCUT2D eigenvalue weighted by Gasteiger charge is -2.37. The van der Waals surface area contributed by atoms with Gasteiger partial charge in [0.05, 0.1) is 11.3 Å². The van der Waals surface area contributed by atoms with Gasteiger partial charge in [-0.05, 0) is 75.4 Å². The fraction of sp³-hybridized carbons (Fsp3) is 0.267. The first-order valence-corrected chi connectivity index (χ1v) is 12.3. The second-order valence-corrected chi connectivity index (χ2v) is 9.77. The maximum absolute atomic E-state index is 13.3. The molecule has 0 aliphatic carbocycles. The van der Waals surface area contributed by atoms with E-state index in [-0.39, 0.29) is 11.9 Å². The molecule has 1 aliphatic heterocycles. The van der Waals surface area contributed by atoms with E-state index in [2.05, 4.69) is 22.1 Å². The average Bonchev–Trinajstić information content (AvgIpc) is 2.88. The highest BCUT2D eigenvalue weighted by Crippen LogP contribution is 2.26. The van der Waals surface area contributed by atoms with E-state index in [1.807, 2.05) is 32.9 Å². The molecule has 1 saturated heterocycles. The van der Waals surface area contributed by atoms with Gasteiger partial charge in [0.1, 0.15) is 17.2 Å². The number of hydrogen-bond donors (Lipinski definition) is 1. The van der Waals surface area contributed by atoms with E-state index in [1.165, 1.54) is 12.1 Å². The second kappa shape index (κ2) is 11.7. The summed E-state index contributed by atoms with van der Waals surface area (Å²) in [6, 6.07) is 20.2. The largest absolute Gasteiger partial charge is 0.444 e. The highest BCUT2D eigenvalue weighted by molar-refractivity contribution is 5.87. The molecule has 1 N–H and O–H groups in total. The molecule has 0 unspecified atom stereocenters. The molecular weight excluding hydrogens is 485 g/mol. The number of piperazine rings is 1. The summed E-state index contributed by atoms with van der Waals surface area (Å²) in [6.07, 6.45) is -0.947. The molecular formula is C30H30FN3O4. The molecule has 0 radical (unpaired) electrons. The Bertz CT molecular complexity index is 1330. The van der Waals surface area contributed by atoms with E-state index in [0.29, 0.717) is 48.7 Å². The summed E-state index contributed by atoms with van der Waals surface area (Å²) in [5.41, 5.74) is 2.17. The standard InChI is InChI=1S/C30H30FN3O4/c1-30(2,3)38-29(36)34-19-17-33(18-20-34)27-16-15-25(32-28(35)37-26-7-5-4-6-8-26)21-23(27)12-9-22-10-13-24(31)14-11-22/h4-8,10-11,13-16,21H,17-20H2,1-3H3,(H,32,35). The van der Waals surface area contributed by atoms with E-state index in [9.17, 15) is 14.0 Å². The van der Waals surface area contributed by atoms with Crippen LogP contribution in [0.2, 0.25) is 0 Å². The van der Waals surface area contributed by atoms with Gasteiger partial charge >= 0.3 is 12.2 Å². The lowest BCUT2D eigenvalue weighted by Crippen LogP contribution is -2.50. The SMILES string of the molecule is CC(C)(C)OC(=O)N1CCN(c2ccc(NC(=O)Oc3ccccc3)cc2C#Cc2ccc(F)cc2)CC1. The van der Waals surface area contributed by atoms with Gasteiger partial charge in [-0.2, -0.15) is 0 Å². The Balaban J connectivity index is 1.53. The van der Waals surface area contributed by atoms with Crippen LogP contribution in [0.4, 0.5) is 25.4 Å². The molecule has 38 heavy (non-hydrogen) atoms. The van der Waals surface area contributed by atoms with Gasteiger partial charge in [0.25, 0.3) is 0 Å². The number of halogens is 1. The monoisotopic (exact) mass is 515 g/mol. The predicted octanol–water partition coefficient (Wildman–Crippen LogP) is 5.89. The van der Waals surface area contributed by atoms with Crippen LogP contribution in [0.1, 0.15) is 31.9 Å². The third-order valence-electron chi connectivity index (χ3n) is 5.65. The van der Waals surface area contributed by atoms with Crippen LogP contribution in [-0.2, 0) is 4.74 Å². The van der Waals surface area contributed by atoms with Crippen LogP contribution in [-0.4, -0.2) is 48.9 Å². The predicted molar refractivity (Wildman–Crippen MR) is 145 cm³/mol. The highest BCUT2D eigenvalue weighted by atomic mass is 19.1. The van der Waals surface area contributed by atoms with Gasteiger partial charge in [-0.3, -0.25) is 5.32 Å². The third-order valence-corrected chi connectivity index (χ3v) is 5.65. The van der Waals surface area contributed by atoms with Crippen molar-refractivity contribution in [3.8, 4) is 17.6 Å². The molecule has 0 spiro atoms. The number of rotatable bonds is 3. The topological polar surface area (TPSA) is 71.1 Å². The number of carbonyl (C=O) groups is 2. The summed E-state index contributed by atoms with van der Waals surface area (Å²) in [4.78, 5) is 28.7. The molecule has 196 valence electrons. The van der Waals surface area contributed by atoms with Gasteiger partial charge in [0, 0.05) is 37.4 Å². The quantitative estimate of drug-likeness (QED) is 0.440. The van der Waals surface area contributed by atoms with Crippen LogP contribution in [0, 0.1) is 17.7 Å². The van der Waals surface area contributed by atoms with Crippen LogP contribution < -0.4 is 15.0 Å². The van der Waals surface area contributed by atoms with Gasteiger partial charge in [0.15, 0.2) is 0 Å². The number of hydrogen-bond acceptors (Lipinski definition) is 5. The summed E-state index contributed by atoms with van der Waals surface area (Å²) >= 11 is 0. The molecule has 8 heteroatoms. The number of carbonyl (C=O) groups excluding carboxylic acids is 2. The van der Waals surface area contributed by atoms with E-state index < -0.39 is 11.7 Å². The van der Waals surface area contributed by atoms with Crippen LogP contribution >= 0.6 is 0 Å². The molecule has 0 bridgehead atoms. The molecule has 4 rings (SSSR count). The number of ether oxygens (including phenoxy) is 2. The van der Waals surface area contributed by atoms with E-state index in [1.54, 1.807) is 53.4 Å². The first-order valence-electron chi connectivity index (χ1n) is 12.3. The minimum atomic E-state index is -0.618. The highest BCUT2D eigenvalue weighted by Gasteiger charge is 2.26. The number of nitrogens with one attached hydrogen (secondary N) is 1. The first-order chi connectivity index (χ1) is 18.2. The Labute approximate surface area is 222 Å². The van der Waals surface area contributed by atoms with Crippen molar-refractivity contribution in [2.24, 2.45) is 0 Å². The zero-order valence-corrected chi connectivity index (χ0v) is 21.7. The zero-order chi connectivity index (χ0) is 27.1. The lowest BCUT2D eigenvalue weighted by atomic mass is 10.1. The zero-order valence-electron chi connectivity index (χ0n) is 21.7. The van der Waals surface area contributed by atoms with E-state index in [4.69, 9.17) is 9.47 Å². The Morgan fingerprint density at radius 3 is 2.24 bits per heavy atom. The van der Waals surface area contributed by atoms with Crippen LogP contribution in [0.15, 0.2) is 72.8 Å². The number of para-hydroxylation sites is 1. The van der Waals surface area contributed by atoms with Gasteiger partial charge < -0.3 is 19.3 Å².